The number of rotatable bonds is 4. The number of nitrogens with zero attached hydrogens (tertiary/aromatic N) is 3. The molecule has 0 aromatic rings. The Bertz CT molecular complexity index is 467. The van der Waals surface area contributed by atoms with E-state index in [2.05, 4.69) is 56.0 Å². The van der Waals surface area contributed by atoms with Crippen LogP contribution in [0.25, 0.3) is 0 Å². The summed E-state index contributed by atoms with van der Waals surface area (Å²) in [4.78, 5) is 5.32. The molecule has 0 N–H and O–H groups in total. The fourth-order valence-electron chi connectivity index (χ4n) is 7.00. The normalized spacial score (nSPS) is 25.7. The maximum atomic E-state index is 2.92. The Morgan fingerprint density at radius 1 is 0.840 bits per heavy atom. The minimum atomic E-state index is -0.595. The summed E-state index contributed by atoms with van der Waals surface area (Å²) in [5, 5.41) is 0. The van der Waals surface area contributed by atoms with Gasteiger partial charge in [0.05, 0.1) is 14.1 Å². The Morgan fingerprint density at radius 2 is 1.28 bits per heavy atom. The van der Waals surface area contributed by atoms with Gasteiger partial charge < -0.3 is 9.30 Å². The second-order valence-corrected chi connectivity index (χ2v) is 9.90. The van der Waals surface area contributed by atoms with E-state index in [0.717, 1.165) is 11.6 Å². The van der Waals surface area contributed by atoms with Gasteiger partial charge in [-0.15, -0.1) is 0 Å². The molecule has 0 aromatic carbocycles. The van der Waals surface area contributed by atoms with Crippen molar-refractivity contribution in [1.29, 1.82) is 0 Å². The van der Waals surface area contributed by atoms with E-state index in [1.165, 1.54) is 70.2 Å². The first-order valence-electron chi connectivity index (χ1n) is 11.2. The molecule has 0 aromatic heterocycles. The van der Waals surface area contributed by atoms with E-state index in [1.807, 2.05) is 0 Å². The van der Waals surface area contributed by atoms with Gasteiger partial charge >= 0.3 is 6.42 Å². The van der Waals surface area contributed by atoms with Gasteiger partial charge in [-0.1, -0.05) is 75.8 Å². The van der Waals surface area contributed by atoms with Crippen LogP contribution in [0.3, 0.4) is 0 Å². The Balaban J connectivity index is 2.12. The van der Waals surface area contributed by atoms with Gasteiger partial charge in [0, 0.05) is 12.1 Å². The molecule has 3 aliphatic rings. The molecule has 2 fully saturated rings. The van der Waals surface area contributed by atoms with Crippen molar-refractivity contribution in [3.63, 3.8) is 0 Å². The van der Waals surface area contributed by atoms with Gasteiger partial charge in [-0.25, -0.2) is 0 Å². The van der Waals surface area contributed by atoms with Crippen LogP contribution in [-0.4, -0.2) is 52.8 Å². The van der Waals surface area contributed by atoms with Gasteiger partial charge in [0.2, 0.25) is 0 Å². The van der Waals surface area contributed by atoms with Crippen molar-refractivity contribution in [2.24, 2.45) is 0 Å². The van der Waals surface area contributed by atoms with E-state index in [4.69, 9.17) is 0 Å². The van der Waals surface area contributed by atoms with Crippen molar-refractivity contribution in [3.05, 3.63) is 0 Å². The molecule has 1 aliphatic heterocycles. The van der Waals surface area contributed by atoms with Crippen molar-refractivity contribution in [3.8, 4) is 0 Å². The van der Waals surface area contributed by atoms with E-state index >= 15 is 0 Å². The van der Waals surface area contributed by atoms with Gasteiger partial charge in [0.15, 0.2) is 0 Å². The van der Waals surface area contributed by atoms with Crippen molar-refractivity contribution < 1.29 is 4.49 Å². The van der Waals surface area contributed by atoms with Gasteiger partial charge in [-0.2, -0.15) is 0 Å². The zero-order valence-corrected chi connectivity index (χ0v) is 17.8. The second kappa shape index (κ2) is 7.52. The van der Waals surface area contributed by atoms with Crippen LogP contribution in [0.2, 0.25) is 11.6 Å². The fourth-order valence-corrected chi connectivity index (χ4v) is 7.00. The lowest BCUT2D eigenvalue weighted by atomic mass is 9.23. The van der Waals surface area contributed by atoms with E-state index < -0.39 is 6.42 Å². The zero-order valence-electron chi connectivity index (χ0n) is 17.8. The fraction of sp³-hybridized carbons (Fsp3) is 0.952. The highest BCUT2D eigenvalue weighted by molar-refractivity contribution is 6.78. The molecule has 3 rings (SSSR count). The van der Waals surface area contributed by atoms with Crippen molar-refractivity contribution in [2.75, 3.05) is 14.1 Å². The van der Waals surface area contributed by atoms with Crippen LogP contribution in [0.4, 0.5) is 0 Å². The smallest absolute Gasteiger partial charge is 0.322 e. The molecule has 25 heavy (non-hydrogen) atoms. The molecule has 0 amide bonds. The molecule has 4 heteroatoms. The van der Waals surface area contributed by atoms with Gasteiger partial charge in [0.25, 0.3) is 5.96 Å². The van der Waals surface area contributed by atoms with Crippen LogP contribution >= 0.6 is 0 Å². The molecule has 144 valence electrons. The van der Waals surface area contributed by atoms with Crippen LogP contribution in [0.5, 0.6) is 0 Å². The summed E-state index contributed by atoms with van der Waals surface area (Å²) in [6.07, 6.45) is 14.0. The molecule has 1 heterocycles. The number of guanidine groups is 1. The highest BCUT2D eigenvalue weighted by Gasteiger charge is 2.63. The Labute approximate surface area is 156 Å². The van der Waals surface area contributed by atoms with Crippen LogP contribution in [0.1, 0.15) is 91.9 Å². The summed E-state index contributed by atoms with van der Waals surface area (Å²) < 4.78 is 2.92. The molecular weight excluding hydrogens is 305 g/mol. The molecule has 0 radical (unpaired) electrons. The average molecular weight is 347 g/mol. The third-order valence-electron chi connectivity index (χ3n) is 7.55. The Hall–Kier alpha value is -0.665. The van der Waals surface area contributed by atoms with Gasteiger partial charge in [-0.05, 0) is 27.7 Å². The summed E-state index contributed by atoms with van der Waals surface area (Å²) >= 11 is 0. The quantitative estimate of drug-likeness (QED) is 0.650. The van der Waals surface area contributed by atoms with Gasteiger partial charge in [-0.3, -0.25) is 4.90 Å². The highest BCUT2D eigenvalue weighted by atomic mass is 15.5. The predicted molar refractivity (Wildman–Crippen MR) is 110 cm³/mol. The second-order valence-electron chi connectivity index (χ2n) is 9.90. The highest BCUT2D eigenvalue weighted by Crippen LogP contribution is 2.54. The third kappa shape index (κ3) is 3.02. The van der Waals surface area contributed by atoms with Gasteiger partial charge in [0.1, 0.15) is 0 Å². The molecule has 3 nitrogen and oxygen atoms in total. The molecule has 0 bridgehead atoms. The van der Waals surface area contributed by atoms with Crippen molar-refractivity contribution >= 4 is 12.4 Å². The molecule has 2 aliphatic carbocycles. The Kier molecular flexibility index (Phi) is 5.75. The van der Waals surface area contributed by atoms with Crippen LogP contribution < -0.4 is 0 Å². The molecule has 0 saturated heterocycles. The average Bonchev–Trinajstić information content (AvgIpc) is 2.55. The first-order valence-corrected chi connectivity index (χ1v) is 11.2. The minimum absolute atomic E-state index is 0.595. The minimum Gasteiger partial charge on any atom is -0.420 e. The summed E-state index contributed by atoms with van der Waals surface area (Å²) in [7, 11) is 4.50. The maximum Gasteiger partial charge on any atom is 0.322 e. The number of hydrogen-bond acceptors (Lipinski definition) is 2. The maximum absolute atomic E-state index is 2.92. The summed E-state index contributed by atoms with van der Waals surface area (Å²) in [5.41, 5.74) is 0. The summed E-state index contributed by atoms with van der Waals surface area (Å²) in [5.74, 6) is 3.32. The molecule has 0 atom stereocenters. The van der Waals surface area contributed by atoms with E-state index in [0.29, 0.717) is 12.1 Å². The SMILES string of the molecule is CC(C)N1C(N(C)C)=[N+](C(C)C)[B-]1(C1CCCCC1)C1CCCCC1. The third-order valence-corrected chi connectivity index (χ3v) is 7.55. The molecule has 0 spiro atoms. The largest absolute Gasteiger partial charge is 0.420 e. The van der Waals surface area contributed by atoms with Crippen LogP contribution in [0.15, 0.2) is 0 Å². The molecular formula is C21H42BN3. The lowest BCUT2D eigenvalue weighted by molar-refractivity contribution is -0.487. The first kappa shape index (κ1) is 19.1. The Morgan fingerprint density at radius 3 is 1.60 bits per heavy atom. The van der Waals surface area contributed by atoms with Crippen LogP contribution in [0, 0.1) is 0 Å². The van der Waals surface area contributed by atoms with Crippen molar-refractivity contribution in [1.82, 2.24) is 9.71 Å². The zero-order chi connectivity index (χ0) is 18.2. The lowest BCUT2D eigenvalue weighted by Gasteiger charge is -2.68. The predicted octanol–water partition coefficient (Wildman–Crippen LogP) is 5.16. The number of hydrogen-bond donors (Lipinski definition) is 0. The van der Waals surface area contributed by atoms with E-state index in [9.17, 15) is 0 Å². The standard InChI is InChI=1S/C21H42BN3/c1-17(2)24-21(23(5)6)25(18(3)4)22(24,19-13-9-7-10-14-19)20-15-11-8-12-16-20/h17-20H,7-16H2,1-6H3. The summed E-state index contributed by atoms with van der Waals surface area (Å²) in [6.45, 7) is 9.74. The van der Waals surface area contributed by atoms with E-state index in [-0.39, 0.29) is 0 Å². The molecule has 2 saturated carbocycles. The molecule has 0 unspecified atom stereocenters. The monoisotopic (exact) mass is 347 g/mol. The first-order chi connectivity index (χ1) is 11.9. The lowest BCUT2D eigenvalue weighted by Crippen LogP contribution is -2.84. The topological polar surface area (TPSA) is 9.49 Å². The van der Waals surface area contributed by atoms with E-state index in [1.54, 1.807) is 0 Å². The summed E-state index contributed by atoms with van der Waals surface area (Å²) in [6, 6.07) is 1.22. The van der Waals surface area contributed by atoms with Crippen molar-refractivity contribution in [2.45, 2.75) is 116 Å². The van der Waals surface area contributed by atoms with Crippen LogP contribution in [-0.2, 0) is 0 Å².